The number of nitrogens with one attached hydrogen (secondary N) is 3. The molecule has 0 radical (unpaired) electrons. The minimum atomic E-state index is -0.119. The first-order valence-corrected chi connectivity index (χ1v) is 12.0. The summed E-state index contributed by atoms with van der Waals surface area (Å²) >= 11 is 18.7. The number of aromatic nitrogens is 2. The van der Waals surface area contributed by atoms with E-state index in [4.69, 9.17) is 34.8 Å². The van der Waals surface area contributed by atoms with Crippen molar-refractivity contribution in [2.24, 2.45) is 5.92 Å². The highest BCUT2D eigenvalue weighted by Crippen LogP contribution is 2.31. The summed E-state index contributed by atoms with van der Waals surface area (Å²) in [6, 6.07) is 5.48. The Morgan fingerprint density at radius 2 is 1.97 bits per heavy atom. The zero-order valence-corrected chi connectivity index (χ0v) is 20.1. The van der Waals surface area contributed by atoms with E-state index in [1.54, 1.807) is 18.3 Å². The van der Waals surface area contributed by atoms with Gasteiger partial charge in [-0.05, 0) is 50.4 Å². The van der Waals surface area contributed by atoms with E-state index in [-0.39, 0.29) is 23.9 Å². The Morgan fingerprint density at radius 1 is 1.19 bits per heavy atom. The van der Waals surface area contributed by atoms with Gasteiger partial charge in [0.2, 0.25) is 11.9 Å². The molecule has 0 unspecified atom stereocenters. The lowest BCUT2D eigenvalue weighted by molar-refractivity contribution is -0.125. The van der Waals surface area contributed by atoms with Gasteiger partial charge in [0.25, 0.3) is 0 Å². The molecule has 10 heteroatoms. The molecule has 1 amide bonds. The van der Waals surface area contributed by atoms with Crippen LogP contribution in [0.15, 0.2) is 24.4 Å². The molecule has 1 aromatic heterocycles. The first-order chi connectivity index (χ1) is 15.4. The van der Waals surface area contributed by atoms with E-state index >= 15 is 0 Å². The van der Waals surface area contributed by atoms with Crippen LogP contribution in [-0.2, 0) is 4.79 Å². The number of piperidine rings is 1. The molecule has 3 N–H and O–H groups in total. The van der Waals surface area contributed by atoms with Crippen LogP contribution in [0, 0.1) is 5.92 Å². The summed E-state index contributed by atoms with van der Waals surface area (Å²) < 4.78 is 0. The molecule has 1 aromatic carbocycles. The summed E-state index contributed by atoms with van der Waals surface area (Å²) in [5.74, 6) is 1.44. The molecule has 4 rings (SSSR count). The van der Waals surface area contributed by atoms with E-state index in [0.717, 1.165) is 51.0 Å². The van der Waals surface area contributed by atoms with Gasteiger partial charge in [0.15, 0.2) is 5.82 Å². The molecule has 2 aliphatic heterocycles. The van der Waals surface area contributed by atoms with Crippen LogP contribution in [0.5, 0.6) is 0 Å². The molecule has 0 aliphatic carbocycles. The van der Waals surface area contributed by atoms with Gasteiger partial charge in [-0.1, -0.05) is 40.9 Å². The number of rotatable bonds is 6. The molecule has 2 aromatic rings. The van der Waals surface area contributed by atoms with Crippen molar-refractivity contribution in [2.45, 2.75) is 38.3 Å². The van der Waals surface area contributed by atoms with Gasteiger partial charge in [0.1, 0.15) is 5.02 Å². The molecular formula is C22H27Cl3N6O. The third-order valence-corrected chi connectivity index (χ3v) is 6.91. The van der Waals surface area contributed by atoms with Gasteiger partial charge in [-0.15, -0.1) is 0 Å². The summed E-state index contributed by atoms with van der Waals surface area (Å²) in [6.07, 6.45) is 4.25. The lowest BCUT2D eigenvalue weighted by Crippen LogP contribution is -2.47. The molecule has 0 saturated carbocycles. The molecule has 2 aliphatic rings. The monoisotopic (exact) mass is 496 g/mol. The number of benzene rings is 1. The highest BCUT2D eigenvalue weighted by molar-refractivity contribution is 6.35. The van der Waals surface area contributed by atoms with Gasteiger partial charge in [-0.3, -0.25) is 4.79 Å². The van der Waals surface area contributed by atoms with Crippen LogP contribution in [0.2, 0.25) is 15.1 Å². The summed E-state index contributed by atoms with van der Waals surface area (Å²) in [6.45, 7) is 5.23. The van der Waals surface area contributed by atoms with Gasteiger partial charge in [-0.2, -0.15) is 4.98 Å². The molecule has 2 atom stereocenters. The van der Waals surface area contributed by atoms with Crippen molar-refractivity contribution in [3.63, 3.8) is 0 Å². The Labute approximate surface area is 203 Å². The van der Waals surface area contributed by atoms with E-state index in [1.165, 1.54) is 0 Å². The molecule has 3 heterocycles. The van der Waals surface area contributed by atoms with Crippen molar-refractivity contribution in [1.29, 1.82) is 0 Å². The Bertz CT molecular complexity index is 961. The SMILES string of the molecule is C[C@@H](Nc1nc(N2CCC(NC(=O)[C@H]3CCNC3)CC2)ncc1Cl)c1ccc(Cl)cc1Cl. The highest BCUT2D eigenvalue weighted by atomic mass is 35.5. The van der Waals surface area contributed by atoms with E-state index < -0.39 is 0 Å². The average Bonchev–Trinajstić information content (AvgIpc) is 3.31. The van der Waals surface area contributed by atoms with Crippen LogP contribution in [-0.4, -0.2) is 48.1 Å². The Balaban J connectivity index is 1.37. The van der Waals surface area contributed by atoms with Crippen LogP contribution in [0.1, 0.15) is 37.8 Å². The third-order valence-electron chi connectivity index (χ3n) is 6.07. The topological polar surface area (TPSA) is 82.2 Å². The molecule has 2 saturated heterocycles. The number of amides is 1. The molecule has 2 fully saturated rings. The maximum Gasteiger partial charge on any atom is 0.227 e. The van der Waals surface area contributed by atoms with Crippen molar-refractivity contribution in [3.05, 3.63) is 45.0 Å². The lowest BCUT2D eigenvalue weighted by Gasteiger charge is -2.33. The van der Waals surface area contributed by atoms with Crippen molar-refractivity contribution in [1.82, 2.24) is 20.6 Å². The maximum absolute atomic E-state index is 12.4. The number of carbonyl (C=O) groups excluding carboxylic acids is 1. The fraction of sp³-hybridized carbons (Fsp3) is 0.500. The maximum atomic E-state index is 12.4. The zero-order chi connectivity index (χ0) is 22.7. The van der Waals surface area contributed by atoms with Gasteiger partial charge >= 0.3 is 0 Å². The van der Waals surface area contributed by atoms with E-state index in [2.05, 4.69) is 30.8 Å². The number of hydrogen-bond donors (Lipinski definition) is 3. The van der Waals surface area contributed by atoms with Crippen molar-refractivity contribution in [2.75, 3.05) is 36.4 Å². The molecular weight excluding hydrogens is 471 g/mol. The fourth-order valence-electron chi connectivity index (χ4n) is 4.17. The number of anilines is 2. The van der Waals surface area contributed by atoms with Gasteiger partial charge < -0.3 is 20.9 Å². The second-order valence-electron chi connectivity index (χ2n) is 8.36. The summed E-state index contributed by atoms with van der Waals surface area (Å²) in [5.41, 5.74) is 0.904. The largest absolute Gasteiger partial charge is 0.362 e. The Kier molecular flexibility index (Phi) is 7.61. The average molecular weight is 498 g/mol. The van der Waals surface area contributed by atoms with Crippen LogP contribution in [0.25, 0.3) is 0 Å². The van der Waals surface area contributed by atoms with E-state index in [0.29, 0.717) is 26.8 Å². The number of nitrogens with zero attached hydrogens (tertiary/aromatic N) is 3. The normalized spacial score (nSPS) is 20.2. The minimum absolute atomic E-state index is 0.0948. The fourth-order valence-corrected chi connectivity index (χ4v) is 4.89. The predicted molar refractivity (Wildman–Crippen MR) is 130 cm³/mol. The Hall–Kier alpha value is -1.80. The second kappa shape index (κ2) is 10.4. The van der Waals surface area contributed by atoms with E-state index in [9.17, 15) is 4.79 Å². The minimum Gasteiger partial charge on any atom is -0.362 e. The lowest BCUT2D eigenvalue weighted by atomic mass is 10.0. The van der Waals surface area contributed by atoms with Crippen LogP contribution < -0.4 is 20.9 Å². The second-order valence-corrected chi connectivity index (χ2v) is 9.61. The summed E-state index contributed by atoms with van der Waals surface area (Å²) in [7, 11) is 0. The highest BCUT2D eigenvalue weighted by Gasteiger charge is 2.27. The van der Waals surface area contributed by atoms with Gasteiger partial charge in [0, 0.05) is 35.7 Å². The number of carbonyl (C=O) groups is 1. The molecule has 7 nitrogen and oxygen atoms in total. The van der Waals surface area contributed by atoms with Crippen molar-refractivity contribution < 1.29 is 4.79 Å². The summed E-state index contributed by atoms with van der Waals surface area (Å²) in [4.78, 5) is 23.6. The first kappa shape index (κ1) is 23.4. The first-order valence-electron chi connectivity index (χ1n) is 10.9. The molecule has 172 valence electrons. The van der Waals surface area contributed by atoms with Crippen molar-refractivity contribution in [3.8, 4) is 0 Å². The standard InChI is InChI=1S/C22H27Cl3N6O/c1-13(17-3-2-15(23)10-18(17)24)28-20-19(25)12-27-22(30-20)31-8-5-16(6-9-31)29-21(32)14-4-7-26-11-14/h2-3,10,12-14,16,26H,4-9,11H2,1H3,(H,29,32)(H,27,28,30)/t13-,14+/m1/s1. The Morgan fingerprint density at radius 3 is 2.66 bits per heavy atom. The predicted octanol–water partition coefficient (Wildman–Crippen LogP) is 4.30. The van der Waals surface area contributed by atoms with Crippen LogP contribution in [0.4, 0.5) is 11.8 Å². The third kappa shape index (κ3) is 5.57. The van der Waals surface area contributed by atoms with Gasteiger partial charge in [0.05, 0.1) is 18.2 Å². The smallest absolute Gasteiger partial charge is 0.227 e. The molecule has 0 spiro atoms. The summed E-state index contributed by atoms with van der Waals surface area (Å²) in [5, 5.41) is 11.4. The van der Waals surface area contributed by atoms with Crippen LogP contribution in [0.3, 0.4) is 0 Å². The van der Waals surface area contributed by atoms with Gasteiger partial charge in [-0.25, -0.2) is 4.98 Å². The molecule has 0 bridgehead atoms. The zero-order valence-electron chi connectivity index (χ0n) is 17.9. The van der Waals surface area contributed by atoms with E-state index in [1.807, 2.05) is 13.0 Å². The van der Waals surface area contributed by atoms with Crippen LogP contribution >= 0.6 is 34.8 Å². The quantitative estimate of drug-likeness (QED) is 0.552. The number of halogens is 3. The molecule has 32 heavy (non-hydrogen) atoms. The number of hydrogen-bond acceptors (Lipinski definition) is 6. The van der Waals surface area contributed by atoms with Crippen molar-refractivity contribution >= 4 is 52.5 Å².